The highest BCUT2D eigenvalue weighted by Gasteiger charge is 2.11. The molecule has 18 heavy (non-hydrogen) atoms. The molecule has 0 spiro atoms. The van der Waals surface area contributed by atoms with Crippen molar-refractivity contribution >= 4 is 21.7 Å². The number of hydrogen-bond acceptors (Lipinski definition) is 3. The van der Waals surface area contributed by atoms with Gasteiger partial charge >= 0.3 is 0 Å². The zero-order valence-electron chi connectivity index (χ0n) is 9.65. The Morgan fingerprint density at radius 2 is 2.00 bits per heavy atom. The SMILES string of the molecule is Cc1cnc(C(=O)Cc2ccc(F)c(Br)c2)nc1. The monoisotopic (exact) mass is 308 g/mol. The summed E-state index contributed by atoms with van der Waals surface area (Å²) in [5.74, 6) is -0.354. The molecule has 0 amide bonds. The van der Waals surface area contributed by atoms with E-state index in [0.717, 1.165) is 11.1 Å². The molecule has 2 rings (SSSR count). The molecular weight excluding hydrogens is 299 g/mol. The van der Waals surface area contributed by atoms with Gasteiger partial charge in [-0.15, -0.1) is 0 Å². The molecule has 5 heteroatoms. The summed E-state index contributed by atoms with van der Waals surface area (Å²) in [5.41, 5.74) is 1.62. The smallest absolute Gasteiger partial charge is 0.204 e. The Labute approximate surface area is 112 Å². The first-order valence-electron chi connectivity index (χ1n) is 5.32. The van der Waals surface area contributed by atoms with Crippen molar-refractivity contribution in [2.75, 3.05) is 0 Å². The Balaban J connectivity index is 2.16. The van der Waals surface area contributed by atoms with Gasteiger partial charge in [-0.2, -0.15) is 0 Å². The lowest BCUT2D eigenvalue weighted by molar-refractivity contribution is 0.0983. The predicted molar refractivity (Wildman–Crippen MR) is 68.9 cm³/mol. The molecule has 0 atom stereocenters. The minimum absolute atomic E-state index is 0.155. The van der Waals surface area contributed by atoms with Crippen molar-refractivity contribution in [2.45, 2.75) is 13.3 Å². The first kappa shape index (κ1) is 12.8. The van der Waals surface area contributed by atoms with Gasteiger partial charge in [0.1, 0.15) is 5.82 Å². The molecule has 1 aromatic heterocycles. The maximum atomic E-state index is 13.0. The lowest BCUT2D eigenvalue weighted by Gasteiger charge is -2.02. The minimum atomic E-state index is -0.349. The number of Topliss-reactive ketones (excluding diaryl/α,β-unsaturated/α-hetero) is 1. The van der Waals surface area contributed by atoms with Crippen LogP contribution in [0.15, 0.2) is 35.1 Å². The number of aryl methyl sites for hydroxylation is 1. The van der Waals surface area contributed by atoms with Crippen molar-refractivity contribution in [3.8, 4) is 0 Å². The molecule has 0 bridgehead atoms. The summed E-state index contributed by atoms with van der Waals surface area (Å²) in [5, 5.41) is 0. The van der Waals surface area contributed by atoms with Crippen molar-refractivity contribution in [3.05, 3.63) is 57.8 Å². The molecule has 0 aliphatic heterocycles. The van der Waals surface area contributed by atoms with Crippen LogP contribution in [0.25, 0.3) is 0 Å². The normalized spacial score (nSPS) is 10.4. The van der Waals surface area contributed by atoms with Gasteiger partial charge in [0.15, 0.2) is 5.82 Å². The highest BCUT2D eigenvalue weighted by molar-refractivity contribution is 9.10. The lowest BCUT2D eigenvalue weighted by atomic mass is 10.1. The van der Waals surface area contributed by atoms with Crippen LogP contribution >= 0.6 is 15.9 Å². The molecule has 0 aliphatic carbocycles. The fourth-order valence-corrected chi connectivity index (χ4v) is 1.88. The third-order valence-electron chi connectivity index (χ3n) is 2.38. The van der Waals surface area contributed by atoms with Gasteiger partial charge in [-0.1, -0.05) is 6.07 Å². The second-order valence-electron chi connectivity index (χ2n) is 3.93. The summed E-state index contributed by atoms with van der Waals surface area (Å²) in [7, 11) is 0. The molecule has 0 unspecified atom stereocenters. The molecule has 0 radical (unpaired) electrons. The number of carbonyl (C=O) groups is 1. The third kappa shape index (κ3) is 2.98. The first-order valence-corrected chi connectivity index (χ1v) is 6.11. The molecule has 0 saturated carbocycles. The molecule has 1 aromatic carbocycles. The quantitative estimate of drug-likeness (QED) is 0.818. The average molecular weight is 309 g/mol. The Kier molecular flexibility index (Phi) is 3.81. The minimum Gasteiger partial charge on any atom is -0.290 e. The Morgan fingerprint density at radius 3 is 2.61 bits per heavy atom. The van der Waals surface area contributed by atoms with E-state index in [9.17, 15) is 9.18 Å². The van der Waals surface area contributed by atoms with Gasteiger partial charge in [0.2, 0.25) is 5.78 Å². The van der Waals surface area contributed by atoms with Gasteiger partial charge in [-0.25, -0.2) is 14.4 Å². The fraction of sp³-hybridized carbons (Fsp3) is 0.154. The molecule has 92 valence electrons. The summed E-state index contributed by atoms with van der Waals surface area (Å²) in [4.78, 5) is 19.8. The summed E-state index contributed by atoms with van der Waals surface area (Å²) >= 11 is 3.08. The Hall–Kier alpha value is -1.62. The fourth-order valence-electron chi connectivity index (χ4n) is 1.45. The van der Waals surface area contributed by atoms with Crippen molar-refractivity contribution in [1.82, 2.24) is 9.97 Å². The summed E-state index contributed by atoms with van der Waals surface area (Å²) < 4.78 is 13.4. The van der Waals surface area contributed by atoms with Gasteiger partial charge in [-0.05, 0) is 46.1 Å². The first-order chi connectivity index (χ1) is 8.56. The van der Waals surface area contributed by atoms with Crippen LogP contribution in [-0.2, 0) is 6.42 Å². The number of carbonyl (C=O) groups excluding carboxylic acids is 1. The molecule has 2 aromatic rings. The van der Waals surface area contributed by atoms with Gasteiger partial charge in [0, 0.05) is 18.8 Å². The lowest BCUT2D eigenvalue weighted by Crippen LogP contribution is -2.08. The van der Waals surface area contributed by atoms with Gasteiger partial charge < -0.3 is 0 Å². The van der Waals surface area contributed by atoms with Gasteiger partial charge in [-0.3, -0.25) is 4.79 Å². The van der Waals surface area contributed by atoms with Crippen LogP contribution in [0.2, 0.25) is 0 Å². The van der Waals surface area contributed by atoms with E-state index in [-0.39, 0.29) is 23.8 Å². The highest BCUT2D eigenvalue weighted by Crippen LogP contribution is 2.17. The van der Waals surface area contributed by atoms with Crippen LogP contribution in [0.1, 0.15) is 21.7 Å². The largest absolute Gasteiger partial charge is 0.290 e. The zero-order chi connectivity index (χ0) is 13.1. The number of aromatic nitrogens is 2. The standard InChI is InChI=1S/C13H10BrFN2O/c1-8-6-16-13(17-7-8)12(18)5-9-2-3-11(15)10(14)4-9/h2-4,6-7H,5H2,1H3. The summed E-state index contributed by atoms with van der Waals surface area (Å²) in [6.07, 6.45) is 3.35. The Morgan fingerprint density at radius 1 is 1.33 bits per heavy atom. The molecule has 0 saturated heterocycles. The van der Waals surface area contributed by atoms with E-state index in [1.165, 1.54) is 6.07 Å². The number of nitrogens with zero attached hydrogens (tertiary/aromatic N) is 2. The van der Waals surface area contributed by atoms with Crippen LogP contribution in [0.3, 0.4) is 0 Å². The molecule has 0 aliphatic rings. The van der Waals surface area contributed by atoms with E-state index in [2.05, 4.69) is 25.9 Å². The number of rotatable bonds is 3. The maximum Gasteiger partial charge on any atom is 0.204 e. The van der Waals surface area contributed by atoms with Gasteiger partial charge in [0.05, 0.1) is 4.47 Å². The molecule has 0 N–H and O–H groups in total. The average Bonchev–Trinajstić information content (AvgIpc) is 2.34. The number of ketones is 1. The molecular formula is C13H10BrFN2O. The zero-order valence-corrected chi connectivity index (χ0v) is 11.2. The van der Waals surface area contributed by atoms with Gasteiger partial charge in [0.25, 0.3) is 0 Å². The number of halogens is 2. The van der Waals surface area contributed by atoms with E-state index in [1.54, 1.807) is 24.5 Å². The van der Waals surface area contributed by atoms with E-state index < -0.39 is 0 Å². The van der Waals surface area contributed by atoms with Crippen LogP contribution in [0.5, 0.6) is 0 Å². The van der Waals surface area contributed by atoms with Crippen LogP contribution in [0, 0.1) is 12.7 Å². The van der Waals surface area contributed by atoms with Crippen molar-refractivity contribution in [3.63, 3.8) is 0 Å². The summed E-state index contributed by atoms with van der Waals surface area (Å²) in [6.45, 7) is 1.85. The molecule has 1 heterocycles. The van der Waals surface area contributed by atoms with Crippen molar-refractivity contribution in [2.24, 2.45) is 0 Å². The molecule has 0 fully saturated rings. The number of benzene rings is 1. The van der Waals surface area contributed by atoms with E-state index in [4.69, 9.17) is 0 Å². The maximum absolute atomic E-state index is 13.0. The highest BCUT2D eigenvalue weighted by atomic mass is 79.9. The van der Waals surface area contributed by atoms with Crippen molar-refractivity contribution in [1.29, 1.82) is 0 Å². The van der Waals surface area contributed by atoms with E-state index in [0.29, 0.717) is 4.47 Å². The topological polar surface area (TPSA) is 42.9 Å². The molecule has 3 nitrogen and oxygen atoms in total. The van der Waals surface area contributed by atoms with Crippen molar-refractivity contribution < 1.29 is 9.18 Å². The number of hydrogen-bond donors (Lipinski definition) is 0. The second kappa shape index (κ2) is 5.35. The van der Waals surface area contributed by atoms with E-state index in [1.807, 2.05) is 6.92 Å². The summed E-state index contributed by atoms with van der Waals surface area (Å²) in [6, 6.07) is 4.48. The second-order valence-corrected chi connectivity index (χ2v) is 4.79. The van der Waals surface area contributed by atoms with Crippen LogP contribution in [0.4, 0.5) is 4.39 Å². The van der Waals surface area contributed by atoms with Crippen LogP contribution < -0.4 is 0 Å². The predicted octanol–water partition coefficient (Wildman–Crippen LogP) is 3.11. The van der Waals surface area contributed by atoms with Crippen LogP contribution in [-0.4, -0.2) is 15.8 Å². The Bertz CT molecular complexity index is 584. The van der Waals surface area contributed by atoms with E-state index >= 15 is 0 Å². The third-order valence-corrected chi connectivity index (χ3v) is 2.99.